The number of carbonyl (C=O) groups is 1. The molecule has 0 saturated heterocycles. The van der Waals surface area contributed by atoms with E-state index in [2.05, 4.69) is 60.8 Å². The molecule has 0 spiro atoms. The van der Waals surface area contributed by atoms with E-state index < -0.39 is 5.97 Å². The molecule has 4 nitrogen and oxygen atoms in total. The lowest BCUT2D eigenvalue weighted by Gasteiger charge is -2.22. The molecule has 2 aromatic carbocycles. The number of unbranched alkanes of at least 4 members (excludes halogenated alkanes) is 1. The fourth-order valence-electron chi connectivity index (χ4n) is 3.82. The van der Waals surface area contributed by atoms with Crippen molar-refractivity contribution in [2.75, 3.05) is 19.7 Å². The number of ether oxygens (including phenoxy) is 1. The number of hydrogen-bond acceptors (Lipinski definition) is 3. The molecule has 1 aliphatic rings. The molecule has 29 heavy (non-hydrogen) atoms. The summed E-state index contributed by atoms with van der Waals surface area (Å²) in [6, 6.07) is 17.0. The molecule has 0 unspecified atom stereocenters. The minimum atomic E-state index is -0.759. The highest BCUT2D eigenvalue weighted by Crippen LogP contribution is 2.33. The lowest BCUT2D eigenvalue weighted by atomic mass is 9.86. The first-order valence-electron chi connectivity index (χ1n) is 10.5. The standard InChI is InChI=1S/C25H31NO3/c1-19-22(18-26-15-14-25(27)28)11-10-21-17-23(12-13-24(19)21)29-16-6-5-9-20-7-3-2-4-8-20/h2-4,7-8,12-13,17,26H,5-6,9-11,14-16,18H2,1H3,(H,27,28). The number of rotatable bonds is 11. The molecule has 3 rings (SSSR count). The fraction of sp³-hybridized carbons (Fsp3) is 0.400. The van der Waals surface area contributed by atoms with Crippen molar-refractivity contribution in [2.24, 2.45) is 0 Å². The van der Waals surface area contributed by atoms with Crippen LogP contribution in [0.3, 0.4) is 0 Å². The van der Waals surface area contributed by atoms with Gasteiger partial charge in [0.1, 0.15) is 5.75 Å². The Kier molecular flexibility index (Phi) is 7.88. The van der Waals surface area contributed by atoms with Crippen LogP contribution in [0.1, 0.15) is 49.3 Å². The summed E-state index contributed by atoms with van der Waals surface area (Å²) in [5.74, 6) is 0.198. The largest absolute Gasteiger partial charge is 0.494 e. The predicted octanol–water partition coefficient (Wildman–Crippen LogP) is 4.87. The van der Waals surface area contributed by atoms with Gasteiger partial charge in [-0.25, -0.2) is 0 Å². The molecule has 0 atom stereocenters. The number of carboxylic acids is 1. The molecule has 0 saturated carbocycles. The summed E-state index contributed by atoms with van der Waals surface area (Å²) in [7, 11) is 0. The first kappa shape index (κ1) is 21.1. The minimum Gasteiger partial charge on any atom is -0.494 e. The molecular weight excluding hydrogens is 362 g/mol. The summed E-state index contributed by atoms with van der Waals surface area (Å²) in [6.45, 7) is 4.18. The number of allylic oxidation sites excluding steroid dienone is 1. The Morgan fingerprint density at radius 3 is 2.72 bits per heavy atom. The van der Waals surface area contributed by atoms with Crippen LogP contribution in [0.2, 0.25) is 0 Å². The van der Waals surface area contributed by atoms with Crippen molar-refractivity contribution < 1.29 is 14.6 Å². The Labute approximate surface area is 173 Å². The van der Waals surface area contributed by atoms with Gasteiger partial charge in [-0.1, -0.05) is 42.0 Å². The van der Waals surface area contributed by atoms with Crippen LogP contribution in [0.4, 0.5) is 0 Å². The topological polar surface area (TPSA) is 58.6 Å². The van der Waals surface area contributed by atoms with E-state index in [1.165, 1.54) is 27.8 Å². The van der Waals surface area contributed by atoms with Crippen molar-refractivity contribution in [3.05, 3.63) is 70.8 Å². The Hall–Kier alpha value is -2.59. The maximum absolute atomic E-state index is 10.6. The fourth-order valence-corrected chi connectivity index (χ4v) is 3.82. The lowest BCUT2D eigenvalue weighted by molar-refractivity contribution is -0.136. The summed E-state index contributed by atoms with van der Waals surface area (Å²) in [6.07, 6.45) is 5.47. The van der Waals surface area contributed by atoms with Gasteiger partial charge in [-0.05, 0) is 73.4 Å². The molecule has 0 fully saturated rings. The molecule has 0 radical (unpaired) electrons. The van der Waals surface area contributed by atoms with Crippen molar-refractivity contribution in [3.63, 3.8) is 0 Å². The van der Waals surface area contributed by atoms with Gasteiger partial charge in [0.05, 0.1) is 13.0 Å². The van der Waals surface area contributed by atoms with Crippen LogP contribution in [0, 0.1) is 0 Å². The van der Waals surface area contributed by atoms with Gasteiger partial charge in [0, 0.05) is 13.1 Å². The SMILES string of the molecule is CC1=C(CNCCC(=O)O)CCc2cc(OCCCCc3ccccc3)ccc21. The average Bonchev–Trinajstić information content (AvgIpc) is 2.73. The quantitative estimate of drug-likeness (QED) is 0.535. The smallest absolute Gasteiger partial charge is 0.304 e. The maximum Gasteiger partial charge on any atom is 0.304 e. The van der Waals surface area contributed by atoms with Gasteiger partial charge in [-0.2, -0.15) is 0 Å². The molecule has 154 valence electrons. The zero-order valence-corrected chi connectivity index (χ0v) is 17.2. The summed E-state index contributed by atoms with van der Waals surface area (Å²) in [5, 5.41) is 12.0. The van der Waals surface area contributed by atoms with Gasteiger partial charge in [-0.15, -0.1) is 0 Å². The summed E-state index contributed by atoms with van der Waals surface area (Å²) in [4.78, 5) is 10.6. The second kappa shape index (κ2) is 10.8. The highest BCUT2D eigenvalue weighted by atomic mass is 16.5. The minimum absolute atomic E-state index is 0.162. The van der Waals surface area contributed by atoms with Crippen LogP contribution >= 0.6 is 0 Å². The molecule has 2 N–H and O–H groups in total. The van der Waals surface area contributed by atoms with Crippen molar-refractivity contribution >= 4 is 11.5 Å². The molecule has 0 heterocycles. The number of carboxylic acid groups (broad SMARTS) is 1. The second-order valence-electron chi connectivity index (χ2n) is 7.66. The number of hydrogen-bond donors (Lipinski definition) is 2. The molecule has 0 aliphatic heterocycles. The molecular formula is C25H31NO3. The Bertz CT molecular complexity index is 842. The predicted molar refractivity (Wildman–Crippen MR) is 117 cm³/mol. The average molecular weight is 394 g/mol. The van der Waals surface area contributed by atoms with Crippen LogP contribution in [0.5, 0.6) is 5.75 Å². The van der Waals surface area contributed by atoms with E-state index >= 15 is 0 Å². The number of benzene rings is 2. The number of aryl methyl sites for hydroxylation is 2. The monoisotopic (exact) mass is 393 g/mol. The zero-order valence-electron chi connectivity index (χ0n) is 17.2. The third kappa shape index (κ3) is 6.47. The summed E-state index contributed by atoms with van der Waals surface area (Å²) in [5.41, 5.74) is 6.71. The van der Waals surface area contributed by atoms with Crippen LogP contribution < -0.4 is 10.1 Å². The number of nitrogens with one attached hydrogen (secondary N) is 1. The maximum atomic E-state index is 10.6. The Morgan fingerprint density at radius 1 is 1.10 bits per heavy atom. The summed E-state index contributed by atoms with van der Waals surface area (Å²) < 4.78 is 5.99. The van der Waals surface area contributed by atoms with E-state index in [4.69, 9.17) is 9.84 Å². The van der Waals surface area contributed by atoms with Gasteiger partial charge >= 0.3 is 5.97 Å². The molecule has 0 aromatic heterocycles. The van der Waals surface area contributed by atoms with Crippen LogP contribution in [-0.4, -0.2) is 30.8 Å². The van der Waals surface area contributed by atoms with E-state index in [0.29, 0.717) is 6.54 Å². The van der Waals surface area contributed by atoms with Crippen LogP contribution in [0.15, 0.2) is 54.1 Å². The van der Waals surface area contributed by atoms with Gasteiger partial charge < -0.3 is 15.2 Å². The van der Waals surface area contributed by atoms with Crippen molar-refractivity contribution in [1.29, 1.82) is 0 Å². The molecule has 1 aliphatic carbocycles. The number of aliphatic carboxylic acids is 1. The van der Waals surface area contributed by atoms with Crippen LogP contribution in [-0.2, 0) is 17.6 Å². The van der Waals surface area contributed by atoms with E-state index in [0.717, 1.165) is 51.0 Å². The van der Waals surface area contributed by atoms with E-state index in [-0.39, 0.29) is 6.42 Å². The third-order valence-corrected chi connectivity index (χ3v) is 5.53. The Morgan fingerprint density at radius 2 is 1.93 bits per heavy atom. The van der Waals surface area contributed by atoms with Crippen molar-refractivity contribution in [2.45, 2.75) is 45.4 Å². The molecule has 0 amide bonds. The normalized spacial score (nSPS) is 13.3. The van der Waals surface area contributed by atoms with Crippen LogP contribution in [0.25, 0.3) is 5.57 Å². The van der Waals surface area contributed by atoms with Crippen molar-refractivity contribution in [1.82, 2.24) is 5.32 Å². The van der Waals surface area contributed by atoms with E-state index in [1.54, 1.807) is 0 Å². The van der Waals surface area contributed by atoms with Gasteiger partial charge in [0.15, 0.2) is 0 Å². The zero-order chi connectivity index (χ0) is 20.5. The Balaban J connectivity index is 1.46. The summed E-state index contributed by atoms with van der Waals surface area (Å²) >= 11 is 0. The highest BCUT2D eigenvalue weighted by Gasteiger charge is 2.16. The van der Waals surface area contributed by atoms with Gasteiger partial charge in [-0.3, -0.25) is 4.79 Å². The molecule has 0 bridgehead atoms. The van der Waals surface area contributed by atoms with Gasteiger partial charge in [0.25, 0.3) is 0 Å². The molecule has 2 aromatic rings. The second-order valence-corrected chi connectivity index (χ2v) is 7.66. The first-order valence-corrected chi connectivity index (χ1v) is 10.5. The lowest BCUT2D eigenvalue weighted by Crippen LogP contribution is -2.22. The van der Waals surface area contributed by atoms with Crippen molar-refractivity contribution in [3.8, 4) is 5.75 Å². The van der Waals surface area contributed by atoms with Gasteiger partial charge in [0.2, 0.25) is 0 Å². The van der Waals surface area contributed by atoms with E-state index in [9.17, 15) is 4.79 Å². The highest BCUT2D eigenvalue weighted by molar-refractivity contribution is 5.72. The molecule has 4 heteroatoms. The first-order chi connectivity index (χ1) is 14.1. The van der Waals surface area contributed by atoms with E-state index in [1.807, 2.05) is 0 Å². The third-order valence-electron chi connectivity index (χ3n) is 5.53. The number of fused-ring (bicyclic) bond motifs is 1.